The second-order valence-corrected chi connectivity index (χ2v) is 4.43. The van der Waals surface area contributed by atoms with Crippen molar-refractivity contribution in [1.29, 1.82) is 0 Å². The van der Waals surface area contributed by atoms with Crippen molar-refractivity contribution in [2.75, 3.05) is 0 Å². The number of aromatic nitrogens is 5. The van der Waals surface area contributed by atoms with Crippen LogP contribution < -0.4 is 4.57 Å². The molecule has 0 saturated carbocycles. The summed E-state index contributed by atoms with van der Waals surface area (Å²) in [7, 11) is 6.17. The van der Waals surface area contributed by atoms with Crippen LogP contribution in [0.5, 0.6) is 0 Å². The van der Waals surface area contributed by atoms with Gasteiger partial charge in [-0.3, -0.25) is 4.40 Å². The van der Waals surface area contributed by atoms with E-state index in [1.54, 1.807) is 0 Å². The SMILES string of the molecule is Cc1c(-c2n(C)cc[n+]2C)n(C)c2nccn12. The number of nitrogens with zero attached hydrogens (tertiary/aromatic N) is 5. The Kier molecular flexibility index (Phi) is 1.92. The Balaban J connectivity index is 2.42. The summed E-state index contributed by atoms with van der Waals surface area (Å²) >= 11 is 0. The first-order valence-corrected chi connectivity index (χ1v) is 5.61. The molecule has 0 bridgehead atoms. The van der Waals surface area contributed by atoms with Crippen molar-refractivity contribution in [1.82, 2.24) is 18.5 Å². The van der Waals surface area contributed by atoms with Crippen molar-refractivity contribution >= 4 is 5.78 Å². The van der Waals surface area contributed by atoms with E-state index in [9.17, 15) is 0 Å². The van der Waals surface area contributed by atoms with E-state index in [0.717, 1.165) is 5.78 Å². The summed E-state index contributed by atoms with van der Waals surface area (Å²) in [4.78, 5) is 4.38. The zero-order valence-corrected chi connectivity index (χ0v) is 10.5. The second-order valence-electron chi connectivity index (χ2n) is 4.43. The van der Waals surface area contributed by atoms with Crippen molar-refractivity contribution in [2.24, 2.45) is 21.1 Å². The Morgan fingerprint density at radius 2 is 2.00 bits per heavy atom. The maximum atomic E-state index is 4.38. The predicted molar refractivity (Wildman–Crippen MR) is 64.5 cm³/mol. The van der Waals surface area contributed by atoms with E-state index in [4.69, 9.17) is 0 Å². The molecule has 0 aliphatic carbocycles. The van der Waals surface area contributed by atoms with Crippen molar-refractivity contribution in [2.45, 2.75) is 6.92 Å². The van der Waals surface area contributed by atoms with E-state index in [-0.39, 0.29) is 0 Å². The Labute approximate surface area is 99.6 Å². The summed E-state index contributed by atoms with van der Waals surface area (Å²) in [5.41, 5.74) is 2.40. The van der Waals surface area contributed by atoms with Crippen LogP contribution in [0, 0.1) is 6.92 Å². The van der Waals surface area contributed by atoms with Gasteiger partial charge in [-0.15, -0.1) is 0 Å². The molecular formula is C12H16N5+. The molecule has 17 heavy (non-hydrogen) atoms. The summed E-state index contributed by atoms with van der Waals surface area (Å²) in [6.45, 7) is 2.12. The molecule has 0 atom stereocenters. The fourth-order valence-electron chi connectivity index (χ4n) is 2.50. The third-order valence-corrected chi connectivity index (χ3v) is 3.35. The zero-order chi connectivity index (χ0) is 12.2. The van der Waals surface area contributed by atoms with Gasteiger partial charge in [0.05, 0.1) is 19.8 Å². The van der Waals surface area contributed by atoms with Gasteiger partial charge in [0.1, 0.15) is 12.4 Å². The normalized spacial score (nSPS) is 11.5. The van der Waals surface area contributed by atoms with Crippen LogP contribution in [0.4, 0.5) is 0 Å². The van der Waals surface area contributed by atoms with Crippen molar-refractivity contribution in [3.8, 4) is 11.5 Å². The van der Waals surface area contributed by atoms with Crippen LogP contribution in [-0.4, -0.2) is 18.5 Å². The zero-order valence-electron chi connectivity index (χ0n) is 10.5. The van der Waals surface area contributed by atoms with E-state index in [1.165, 1.54) is 17.2 Å². The molecular weight excluding hydrogens is 214 g/mol. The minimum Gasteiger partial charge on any atom is -0.306 e. The summed E-state index contributed by atoms with van der Waals surface area (Å²) in [6, 6.07) is 0. The second kappa shape index (κ2) is 3.23. The van der Waals surface area contributed by atoms with Crippen LogP contribution >= 0.6 is 0 Å². The molecule has 0 amide bonds. The molecule has 88 valence electrons. The summed E-state index contributed by atoms with van der Waals surface area (Å²) < 4.78 is 8.50. The summed E-state index contributed by atoms with van der Waals surface area (Å²) in [5.74, 6) is 2.15. The molecule has 0 unspecified atom stereocenters. The Hall–Kier alpha value is -2.04. The van der Waals surface area contributed by atoms with Gasteiger partial charge in [0.25, 0.3) is 0 Å². The molecule has 0 aliphatic rings. The van der Waals surface area contributed by atoms with E-state index < -0.39 is 0 Å². The average molecular weight is 230 g/mol. The lowest BCUT2D eigenvalue weighted by atomic mass is 10.3. The monoisotopic (exact) mass is 230 g/mol. The minimum atomic E-state index is 0.971. The van der Waals surface area contributed by atoms with Gasteiger partial charge in [-0.1, -0.05) is 0 Å². The van der Waals surface area contributed by atoms with E-state index in [2.05, 4.69) is 63.5 Å². The molecule has 0 fully saturated rings. The van der Waals surface area contributed by atoms with Gasteiger partial charge in [0.2, 0.25) is 5.78 Å². The van der Waals surface area contributed by atoms with Gasteiger partial charge in [-0.05, 0) is 6.92 Å². The number of rotatable bonds is 1. The Morgan fingerprint density at radius 3 is 2.59 bits per heavy atom. The van der Waals surface area contributed by atoms with Crippen molar-refractivity contribution in [3.63, 3.8) is 0 Å². The van der Waals surface area contributed by atoms with Crippen LogP contribution in [0.2, 0.25) is 0 Å². The summed E-state index contributed by atoms with van der Waals surface area (Å²) in [5, 5.41) is 0. The van der Waals surface area contributed by atoms with E-state index >= 15 is 0 Å². The van der Waals surface area contributed by atoms with Gasteiger partial charge < -0.3 is 4.57 Å². The minimum absolute atomic E-state index is 0.971. The lowest BCUT2D eigenvalue weighted by Crippen LogP contribution is -2.29. The Morgan fingerprint density at radius 1 is 1.24 bits per heavy atom. The topological polar surface area (TPSA) is 31.0 Å². The number of fused-ring (bicyclic) bond motifs is 1. The third kappa shape index (κ3) is 1.19. The first-order valence-electron chi connectivity index (χ1n) is 5.61. The van der Waals surface area contributed by atoms with Crippen LogP contribution in [0.15, 0.2) is 24.8 Å². The van der Waals surface area contributed by atoms with Crippen LogP contribution in [0.3, 0.4) is 0 Å². The van der Waals surface area contributed by atoms with E-state index in [0.29, 0.717) is 0 Å². The van der Waals surface area contributed by atoms with Crippen molar-refractivity contribution in [3.05, 3.63) is 30.5 Å². The molecule has 0 aromatic carbocycles. The highest BCUT2D eigenvalue weighted by atomic mass is 15.2. The molecule has 3 heterocycles. The first kappa shape index (κ1) is 10.1. The van der Waals surface area contributed by atoms with Gasteiger partial charge in [-0.25, -0.2) is 14.1 Å². The fraction of sp³-hybridized carbons (Fsp3) is 0.333. The molecule has 0 radical (unpaired) electrons. The molecule has 0 spiro atoms. The molecule has 0 N–H and O–H groups in total. The van der Waals surface area contributed by atoms with Gasteiger partial charge >= 0.3 is 5.82 Å². The van der Waals surface area contributed by atoms with E-state index in [1.807, 2.05) is 12.4 Å². The van der Waals surface area contributed by atoms with Crippen LogP contribution in [-0.2, 0) is 21.1 Å². The quantitative estimate of drug-likeness (QED) is 0.569. The highest BCUT2D eigenvalue weighted by Crippen LogP contribution is 2.23. The third-order valence-electron chi connectivity index (χ3n) is 3.35. The molecule has 3 rings (SSSR count). The molecule has 3 aromatic heterocycles. The smallest absolute Gasteiger partial charge is 0.306 e. The fourth-order valence-corrected chi connectivity index (χ4v) is 2.50. The van der Waals surface area contributed by atoms with Crippen LogP contribution in [0.25, 0.3) is 17.3 Å². The Bertz CT molecular complexity index is 644. The lowest BCUT2D eigenvalue weighted by Gasteiger charge is -2.01. The predicted octanol–water partition coefficient (Wildman–Crippen LogP) is 0.811. The largest absolute Gasteiger partial charge is 0.307 e. The number of aryl methyl sites for hydroxylation is 4. The maximum absolute atomic E-state index is 4.38. The molecule has 5 heteroatoms. The number of hydrogen-bond acceptors (Lipinski definition) is 1. The van der Waals surface area contributed by atoms with Crippen LogP contribution in [0.1, 0.15) is 5.69 Å². The average Bonchev–Trinajstić information content (AvgIpc) is 2.93. The standard InChI is InChI=1S/C12H16N5/c1-9-10(11-14(2)7-8-15(11)3)16(4)12-13-5-6-17(9)12/h5-8H,1-4H3/q+1. The highest BCUT2D eigenvalue weighted by Gasteiger charge is 2.23. The van der Waals surface area contributed by atoms with Gasteiger partial charge in [0.15, 0.2) is 5.69 Å². The van der Waals surface area contributed by atoms with Gasteiger partial charge in [-0.2, -0.15) is 0 Å². The lowest BCUT2D eigenvalue weighted by molar-refractivity contribution is -0.659. The summed E-state index contributed by atoms with van der Waals surface area (Å²) in [6.07, 6.45) is 7.95. The van der Waals surface area contributed by atoms with Gasteiger partial charge in [0, 0.05) is 19.4 Å². The molecule has 0 saturated heterocycles. The number of imidazole rings is 3. The molecule has 0 aliphatic heterocycles. The molecule has 3 aromatic rings. The highest BCUT2D eigenvalue weighted by molar-refractivity contribution is 5.58. The number of hydrogen-bond donors (Lipinski definition) is 0. The van der Waals surface area contributed by atoms with Crippen molar-refractivity contribution < 1.29 is 4.57 Å². The maximum Gasteiger partial charge on any atom is 0.307 e. The molecule has 5 nitrogen and oxygen atoms in total. The first-order chi connectivity index (χ1) is 8.11.